The average molecular weight is 477 g/mol. The summed E-state index contributed by atoms with van der Waals surface area (Å²) in [6.07, 6.45) is 25.4. The number of aliphatic hydroxyl groups excluding tert-OH is 1. The second-order valence-corrected chi connectivity index (χ2v) is 9.35. The fourth-order valence-corrected chi connectivity index (χ4v) is 5.12. The molecule has 2 amide bonds. The molecule has 2 fully saturated rings. The lowest BCUT2D eigenvalue weighted by Gasteiger charge is -2.18. The van der Waals surface area contributed by atoms with Crippen molar-refractivity contribution >= 4 is 17.6 Å². The fourth-order valence-electron chi connectivity index (χ4n) is 5.12. The Balaban J connectivity index is 1.80. The lowest BCUT2D eigenvalue weighted by atomic mass is 9.87. The van der Waals surface area contributed by atoms with Crippen LogP contribution < -0.4 is 10.6 Å². The monoisotopic (exact) mass is 476 g/mol. The summed E-state index contributed by atoms with van der Waals surface area (Å²) in [5.41, 5.74) is -0.215. The molecule has 5 atom stereocenters. The molecular formula is C29H36N2O4. The summed E-state index contributed by atoms with van der Waals surface area (Å²) in [4.78, 5) is 36.8. The van der Waals surface area contributed by atoms with Crippen molar-refractivity contribution in [3.8, 4) is 0 Å². The van der Waals surface area contributed by atoms with E-state index in [9.17, 15) is 19.5 Å². The molecule has 3 aliphatic rings. The molecule has 2 aliphatic heterocycles. The Morgan fingerprint density at radius 2 is 1.63 bits per heavy atom. The second kappa shape index (κ2) is 12.9. The van der Waals surface area contributed by atoms with E-state index in [0.717, 1.165) is 12.8 Å². The highest BCUT2D eigenvalue weighted by atomic mass is 16.3. The third-order valence-corrected chi connectivity index (χ3v) is 7.12. The van der Waals surface area contributed by atoms with Crippen molar-refractivity contribution in [2.24, 2.45) is 23.7 Å². The van der Waals surface area contributed by atoms with Crippen molar-refractivity contribution in [1.29, 1.82) is 0 Å². The Labute approximate surface area is 207 Å². The van der Waals surface area contributed by atoms with Gasteiger partial charge in [0.2, 0.25) is 5.91 Å². The third-order valence-electron chi connectivity index (χ3n) is 7.12. The Kier molecular flexibility index (Phi) is 9.65. The van der Waals surface area contributed by atoms with Crippen LogP contribution in [0.25, 0.3) is 0 Å². The maximum absolute atomic E-state index is 12.6. The van der Waals surface area contributed by atoms with Crippen LogP contribution in [0.5, 0.6) is 0 Å². The summed E-state index contributed by atoms with van der Waals surface area (Å²) in [6, 6.07) is -0.691. The molecule has 0 aromatic rings. The molecule has 2 heterocycles. The number of rotatable bonds is 1. The molecule has 0 radical (unpaired) electrons. The minimum Gasteiger partial charge on any atom is -0.507 e. The zero-order chi connectivity index (χ0) is 25.2. The Morgan fingerprint density at radius 1 is 0.943 bits per heavy atom. The lowest BCUT2D eigenvalue weighted by Crippen LogP contribution is -2.30. The first-order valence-electron chi connectivity index (χ1n) is 12.5. The van der Waals surface area contributed by atoms with E-state index in [1.165, 1.54) is 12.2 Å². The van der Waals surface area contributed by atoms with E-state index in [1.807, 2.05) is 24.3 Å². The van der Waals surface area contributed by atoms with E-state index in [1.54, 1.807) is 18.2 Å². The average Bonchev–Trinajstić information content (AvgIpc) is 3.29. The molecule has 6 nitrogen and oxygen atoms in total. The van der Waals surface area contributed by atoms with Gasteiger partial charge in [0.05, 0.1) is 6.04 Å². The molecular weight excluding hydrogens is 440 g/mol. The van der Waals surface area contributed by atoms with Crippen LogP contribution in [0.4, 0.5) is 0 Å². The number of allylic oxidation sites excluding steroid dienone is 11. The van der Waals surface area contributed by atoms with Crippen molar-refractivity contribution in [1.82, 2.24) is 10.6 Å². The van der Waals surface area contributed by atoms with Crippen molar-refractivity contribution in [3.63, 3.8) is 0 Å². The van der Waals surface area contributed by atoms with Gasteiger partial charge in [0, 0.05) is 12.6 Å². The lowest BCUT2D eigenvalue weighted by molar-refractivity contribution is -0.118. The van der Waals surface area contributed by atoms with Gasteiger partial charge < -0.3 is 15.7 Å². The number of aliphatic hydroxyl groups is 1. The van der Waals surface area contributed by atoms with Crippen LogP contribution in [0.3, 0.4) is 0 Å². The van der Waals surface area contributed by atoms with Gasteiger partial charge in [-0.3, -0.25) is 14.4 Å². The summed E-state index contributed by atoms with van der Waals surface area (Å²) < 4.78 is 0. The molecule has 0 aromatic heterocycles. The number of carbonyl (C=O) groups is 3. The van der Waals surface area contributed by atoms with Gasteiger partial charge in [0.25, 0.3) is 5.91 Å². The largest absolute Gasteiger partial charge is 0.507 e. The van der Waals surface area contributed by atoms with E-state index in [0.29, 0.717) is 43.1 Å². The van der Waals surface area contributed by atoms with Gasteiger partial charge in [-0.1, -0.05) is 81.0 Å². The van der Waals surface area contributed by atoms with E-state index < -0.39 is 17.7 Å². The van der Waals surface area contributed by atoms with Gasteiger partial charge in [-0.2, -0.15) is 0 Å². The first-order valence-corrected chi connectivity index (χ1v) is 12.5. The smallest absolute Gasteiger partial charge is 0.259 e. The molecule has 6 heteroatoms. The highest BCUT2D eigenvalue weighted by molar-refractivity contribution is 6.27. The molecule has 0 unspecified atom stereocenters. The van der Waals surface area contributed by atoms with Crippen LogP contribution in [-0.4, -0.2) is 35.3 Å². The minimum absolute atomic E-state index is 0.213. The molecule has 1 saturated carbocycles. The maximum atomic E-state index is 12.6. The number of carbonyl (C=O) groups excluding carboxylic acids is 3. The Bertz CT molecular complexity index is 1010. The number of hydrogen-bond donors (Lipinski definition) is 3. The van der Waals surface area contributed by atoms with Gasteiger partial charge in [-0.25, -0.2) is 0 Å². The number of amides is 2. The summed E-state index contributed by atoms with van der Waals surface area (Å²) in [7, 11) is 0. The van der Waals surface area contributed by atoms with Crippen LogP contribution in [-0.2, 0) is 14.4 Å². The third kappa shape index (κ3) is 7.04. The number of Topliss-reactive ketones (excluding diaryl/α,β-unsaturated/α-hetero) is 1. The molecule has 1 aliphatic carbocycles. The van der Waals surface area contributed by atoms with Gasteiger partial charge in [0.15, 0.2) is 5.78 Å². The highest BCUT2D eigenvalue weighted by Gasteiger charge is 2.38. The number of nitrogens with one attached hydrogen (secondary N) is 2. The second-order valence-electron chi connectivity index (χ2n) is 9.35. The summed E-state index contributed by atoms with van der Waals surface area (Å²) >= 11 is 0. The number of fused-ring (bicyclic) bond motifs is 3. The van der Waals surface area contributed by atoms with Crippen LogP contribution in [0, 0.1) is 23.7 Å². The first-order chi connectivity index (χ1) is 16.9. The van der Waals surface area contributed by atoms with E-state index in [2.05, 4.69) is 42.7 Å². The van der Waals surface area contributed by atoms with Crippen LogP contribution in [0.1, 0.15) is 39.5 Å². The summed E-state index contributed by atoms with van der Waals surface area (Å²) in [5, 5.41) is 15.7. The van der Waals surface area contributed by atoms with Crippen molar-refractivity contribution < 1.29 is 19.5 Å². The van der Waals surface area contributed by atoms with Gasteiger partial charge >= 0.3 is 0 Å². The zero-order valence-corrected chi connectivity index (χ0v) is 20.5. The van der Waals surface area contributed by atoms with Gasteiger partial charge in [0.1, 0.15) is 11.3 Å². The molecule has 0 aromatic carbocycles. The topological polar surface area (TPSA) is 95.5 Å². The SMILES string of the molecule is CC[C@H]1C[C@H]2/C=C/C=C/C=C\C(=O)NCCC[C@@H]3NC(=O)/C(=C(O)/C=C/C=C/C=C/[C@H]2[C@@H]1C)C3=O. The number of ketones is 1. The first kappa shape index (κ1) is 26.2. The quantitative estimate of drug-likeness (QED) is 0.489. The van der Waals surface area contributed by atoms with E-state index in [-0.39, 0.29) is 17.2 Å². The maximum Gasteiger partial charge on any atom is 0.259 e. The molecule has 0 spiro atoms. The fraction of sp³-hybridized carbons (Fsp3) is 0.414. The molecule has 2 bridgehead atoms. The van der Waals surface area contributed by atoms with Crippen LogP contribution in [0.2, 0.25) is 0 Å². The summed E-state index contributed by atoms with van der Waals surface area (Å²) in [6.45, 7) is 4.94. The minimum atomic E-state index is -0.691. The Morgan fingerprint density at radius 3 is 2.37 bits per heavy atom. The van der Waals surface area contributed by atoms with Crippen LogP contribution in [0.15, 0.2) is 84.2 Å². The molecule has 186 valence electrons. The Hall–Kier alpha value is -3.41. The molecule has 3 N–H and O–H groups in total. The van der Waals surface area contributed by atoms with Crippen LogP contribution >= 0.6 is 0 Å². The molecule has 1 saturated heterocycles. The zero-order valence-electron chi connectivity index (χ0n) is 20.5. The van der Waals surface area contributed by atoms with Gasteiger partial charge in [-0.15, -0.1) is 0 Å². The predicted molar refractivity (Wildman–Crippen MR) is 138 cm³/mol. The van der Waals surface area contributed by atoms with E-state index in [4.69, 9.17) is 0 Å². The summed E-state index contributed by atoms with van der Waals surface area (Å²) in [5.74, 6) is 0.579. The molecule has 35 heavy (non-hydrogen) atoms. The number of hydrogen-bond acceptors (Lipinski definition) is 4. The van der Waals surface area contributed by atoms with Crippen molar-refractivity contribution in [2.45, 2.75) is 45.6 Å². The van der Waals surface area contributed by atoms with Crippen molar-refractivity contribution in [2.75, 3.05) is 6.54 Å². The standard InChI is InChI=1S/C29H36N2O4/c1-3-21-19-22-13-8-4-7-11-17-26(33)30-18-12-15-24-28(34)27(29(35)31-24)25(32)16-10-6-5-9-14-23(22)20(21)2/h4-11,13-14,16-17,20-24,32H,3,12,15,18-19H2,1-2H3,(H,30,33)(H,31,35)/b6-5+,7-4+,13-8+,14-9+,16-10+,17-11-,27-25-/t20-,21+,22-,23+,24+/m1/s1. The highest BCUT2D eigenvalue weighted by Crippen LogP contribution is 2.44. The molecule has 3 rings (SSSR count). The van der Waals surface area contributed by atoms with Gasteiger partial charge in [-0.05, 0) is 49.0 Å². The van der Waals surface area contributed by atoms with Crippen molar-refractivity contribution in [3.05, 3.63) is 84.2 Å². The normalized spacial score (nSPS) is 38.0. The van der Waals surface area contributed by atoms with E-state index >= 15 is 0 Å². The predicted octanol–water partition coefficient (Wildman–Crippen LogP) is 4.41.